The molecule has 1 atom stereocenters. The van der Waals surface area contributed by atoms with Crippen molar-refractivity contribution < 1.29 is 14.3 Å². The number of hydrogen-bond acceptors (Lipinski definition) is 3. The average molecular weight is 246 g/mol. The standard InChI is InChI=1S/C15H18O3/c1-9-5-6-12-13(10(9)2)7-15(4,14(12)17)8-18-11(3)16/h5-6H,7-8H2,1-4H3. The van der Waals surface area contributed by atoms with Crippen LogP contribution in [-0.4, -0.2) is 18.4 Å². The zero-order valence-electron chi connectivity index (χ0n) is 11.3. The van der Waals surface area contributed by atoms with E-state index in [9.17, 15) is 9.59 Å². The van der Waals surface area contributed by atoms with Gasteiger partial charge in [0.1, 0.15) is 6.61 Å². The molecule has 3 nitrogen and oxygen atoms in total. The highest BCUT2D eigenvalue weighted by molar-refractivity contribution is 6.05. The summed E-state index contributed by atoms with van der Waals surface area (Å²) in [5.41, 5.74) is 3.65. The van der Waals surface area contributed by atoms with E-state index in [0.29, 0.717) is 6.42 Å². The predicted molar refractivity (Wildman–Crippen MR) is 68.7 cm³/mol. The van der Waals surface area contributed by atoms with Crippen molar-refractivity contribution in [2.45, 2.75) is 34.1 Å². The molecule has 0 heterocycles. The van der Waals surface area contributed by atoms with Gasteiger partial charge in [0.25, 0.3) is 0 Å². The summed E-state index contributed by atoms with van der Waals surface area (Å²) in [5, 5.41) is 0. The van der Waals surface area contributed by atoms with Gasteiger partial charge in [-0.05, 0) is 43.9 Å². The third-order valence-electron chi connectivity index (χ3n) is 3.82. The van der Waals surface area contributed by atoms with Gasteiger partial charge in [0.15, 0.2) is 5.78 Å². The summed E-state index contributed by atoms with van der Waals surface area (Å²) in [6, 6.07) is 3.86. The number of fused-ring (bicyclic) bond motifs is 1. The molecule has 0 amide bonds. The molecule has 0 N–H and O–H groups in total. The Morgan fingerprint density at radius 2 is 2.06 bits per heavy atom. The number of ether oxygens (including phenoxy) is 1. The lowest BCUT2D eigenvalue weighted by Crippen LogP contribution is -2.30. The van der Waals surface area contributed by atoms with Crippen LogP contribution in [0.15, 0.2) is 12.1 Å². The van der Waals surface area contributed by atoms with Gasteiger partial charge in [-0.1, -0.05) is 12.1 Å². The summed E-state index contributed by atoms with van der Waals surface area (Å²) in [5.74, 6) is -0.255. The molecular weight excluding hydrogens is 228 g/mol. The van der Waals surface area contributed by atoms with E-state index in [0.717, 1.165) is 11.1 Å². The molecule has 1 unspecified atom stereocenters. The van der Waals surface area contributed by atoms with Gasteiger partial charge < -0.3 is 4.74 Å². The minimum atomic E-state index is -0.605. The lowest BCUT2D eigenvalue weighted by molar-refractivity contribution is -0.143. The Morgan fingerprint density at radius 1 is 1.39 bits per heavy atom. The smallest absolute Gasteiger partial charge is 0.302 e. The lowest BCUT2D eigenvalue weighted by Gasteiger charge is -2.20. The van der Waals surface area contributed by atoms with Crippen molar-refractivity contribution >= 4 is 11.8 Å². The molecule has 0 aliphatic heterocycles. The summed E-state index contributed by atoms with van der Waals surface area (Å²) in [6.45, 7) is 7.48. The topological polar surface area (TPSA) is 43.4 Å². The molecule has 1 aromatic rings. The van der Waals surface area contributed by atoms with Crippen LogP contribution in [-0.2, 0) is 16.0 Å². The van der Waals surface area contributed by atoms with Crippen molar-refractivity contribution in [2.75, 3.05) is 6.61 Å². The van der Waals surface area contributed by atoms with Crippen LogP contribution in [0.3, 0.4) is 0 Å². The fraction of sp³-hybridized carbons (Fsp3) is 0.467. The van der Waals surface area contributed by atoms with Crippen LogP contribution in [0.5, 0.6) is 0 Å². The van der Waals surface area contributed by atoms with Crippen molar-refractivity contribution in [3.63, 3.8) is 0 Å². The molecule has 2 rings (SSSR count). The van der Waals surface area contributed by atoms with Gasteiger partial charge in [0.2, 0.25) is 0 Å². The maximum atomic E-state index is 12.4. The average Bonchev–Trinajstić information content (AvgIpc) is 2.56. The predicted octanol–water partition coefficient (Wildman–Crippen LogP) is 2.61. The fourth-order valence-corrected chi connectivity index (χ4v) is 2.49. The second kappa shape index (κ2) is 4.23. The third kappa shape index (κ3) is 1.94. The van der Waals surface area contributed by atoms with E-state index >= 15 is 0 Å². The van der Waals surface area contributed by atoms with E-state index in [1.165, 1.54) is 18.1 Å². The maximum Gasteiger partial charge on any atom is 0.302 e. The number of Topliss-reactive ketones (excluding diaryl/α,β-unsaturated/α-hetero) is 1. The molecule has 96 valence electrons. The van der Waals surface area contributed by atoms with E-state index in [-0.39, 0.29) is 18.4 Å². The van der Waals surface area contributed by atoms with E-state index in [4.69, 9.17) is 4.74 Å². The van der Waals surface area contributed by atoms with Crippen molar-refractivity contribution in [1.82, 2.24) is 0 Å². The molecule has 0 spiro atoms. The number of rotatable bonds is 2. The van der Waals surface area contributed by atoms with Crippen LogP contribution in [0, 0.1) is 19.3 Å². The van der Waals surface area contributed by atoms with Crippen molar-refractivity contribution in [1.29, 1.82) is 0 Å². The first kappa shape index (κ1) is 12.8. The Bertz CT molecular complexity index is 531. The van der Waals surface area contributed by atoms with Crippen LogP contribution in [0.2, 0.25) is 0 Å². The highest BCUT2D eigenvalue weighted by Gasteiger charge is 2.43. The highest BCUT2D eigenvalue weighted by Crippen LogP contribution is 2.39. The monoisotopic (exact) mass is 246 g/mol. The van der Waals surface area contributed by atoms with Gasteiger partial charge in [-0.3, -0.25) is 9.59 Å². The molecule has 0 radical (unpaired) electrons. The number of hydrogen-bond donors (Lipinski definition) is 0. The first-order chi connectivity index (χ1) is 8.35. The molecule has 0 aromatic heterocycles. The molecule has 18 heavy (non-hydrogen) atoms. The lowest BCUT2D eigenvalue weighted by atomic mass is 9.87. The molecular formula is C15H18O3. The molecule has 0 bridgehead atoms. The van der Waals surface area contributed by atoms with Crippen molar-refractivity contribution in [3.8, 4) is 0 Å². The Hall–Kier alpha value is -1.64. The summed E-state index contributed by atoms with van der Waals surface area (Å²) in [6.07, 6.45) is 0.655. The normalized spacial score (nSPS) is 21.9. The summed E-state index contributed by atoms with van der Waals surface area (Å²) in [4.78, 5) is 23.3. The molecule has 1 aliphatic carbocycles. The zero-order chi connectivity index (χ0) is 13.5. The number of carbonyl (C=O) groups is 2. The van der Waals surface area contributed by atoms with Gasteiger partial charge in [-0.2, -0.15) is 0 Å². The quantitative estimate of drug-likeness (QED) is 0.753. The Morgan fingerprint density at radius 3 is 2.67 bits per heavy atom. The summed E-state index contributed by atoms with van der Waals surface area (Å²) in [7, 11) is 0. The summed E-state index contributed by atoms with van der Waals surface area (Å²) < 4.78 is 5.04. The van der Waals surface area contributed by atoms with Gasteiger partial charge in [0.05, 0.1) is 5.41 Å². The van der Waals surface area contributed by atoms with Crippen LogP contribution in [0.4, 0.5) is 0 Å². The van der Waals surface area contributed by atoms with Crippen molar-refractivity contribution in [2.24, 2.45) is 5.41 Å². The van der Waals surface area contributed by atoms with E-state index in [2.05, 4.69) is 0 Å². The molecule has 1 aromatic carbocycles. The SMILES string of the molecule is CC(=O)OCC1(C)Cc2c(ccc(C)c2C)C1=O. The van der Waals surface area contributed by atoms with Gasteiger partial charge >= 0.3 is 5.97 Å². The first-order valence-corrected chi connectivity index (χ1v) is 6.12. The minimum absolute atomic E-state index is 0.0850. The maximum absolute atomic E-state index is 12.4. The van der Waals surface area contributed by atoms with Crippen molar-refractivity contribution in [3.05, 3.63) is 34.4 Å². The second-order valence-electron chi connectivity index (χ2n) is 5.38. The molecule has 1 aliphatic rings. The van der Waals surface area contributed by atoms with Gasteiger partial charge in [-0.15, -0.1) is 0 Å². The van der Waals surface area contributed by atoms with Gasteiger partial charge in [0, 0.05) is 12.5 Å². The molecule has 0 saturated heterocycles. The third-order valence-corrected chi connectivity index (χ3v) is 3.82. The number of esters is 1. The Labute approximate surface area is 107 Å². The first-order valence-electron chi connectivity index (χ1n) is 6.12. The highest BCUT2D eigenvalue weighted by atomic mass is 16.5. The van der Waals surface area contributed by atoms with Crippen LogP contribution >= 0.6 is 0 Å². The Kier molecular flexibility index (Phi) is 3.01. The van der Waals surface area contributed by atoms with Gasteiger partial charge in [-0.25, -0.2) is 0 Å². The molecule has 0 fully saturated rings. The zero-order valence-corrected chi connectivity index (χ0v) is 11.3. The van der Waals surface area contributed by atoms with E-state index in [1.807, 2.05) is 32.9 Å². The number of ketones is 1. The van der Waals surface area contributed by atoms with E-state index < -0.39 is 5.41 Å². The summed E-state index contributed by atoms with van der Waals surface area (Å²) >= 11 is 0. The van der Waals surface area contributed by atoms with Crippen LogP contribution in [0.1, 0.15) is 40.9 Å². The minimum Gasteiger partial charge on any atom is -0.465 e. The largest absolute Gasteiger partial charge is 0.465 e. The number of carbonyl (C=O) groups excluding carboxylic acids is 2. The number of benzene rings is 1. The second-order valence-corrected chi connectivity index (χ2v) is 5.38. The molecule has 0 saturated carbocycles. The van der Waals surface area contributed by atoms with Crippen LogP contribution < -0.4 is 0 Å². The number of aryl methyl sites for hydroxylation is 1. The molecule has 3 heteroatoms. The van der Waals surface area contributed by atoms with E-state index in [1.54, 1.807) is 0 Å². The fourth-order valence-electron chi connectivity index (χ4n) is 2.49. The Balaban J connectivity index is 2.35. The van der Waals surface area contributed by atoms with Crippen LogP contribution in [0.25, 0.3) is 0 Å².